The van der Waals surface area contributed by atoms with Crippen LogP contribution in [0.25, 0.3) is 0 Å². The van der Waals surface area contributed by atoms with Gasteiger partial charge in [-0.15, -0.1) is 11.3 Å². The molecule has 0 N–H and O–H groups in total. The molecular weight excluding hydrogens is 553 g/mol. The lowest BCUT2D eigenvalue weighted by Crippen LogP contribution is -2.49. The minimum Gasteiger partial charge on any atom is -0.345 e. The number of halogens is 6. The van der Waals surface area contributed by atoms with Gasteiger partial charge in [-0.2, -0.15) is 4.31 Å². The Labute approximate surface area is 198 Å². The van der Waals surface area contributed by atoms with E-state index in [1.165, 1.54) is 11.3 Å². The van der Waals surface area contributed by atoms with E-state index in [2.05, 4.69) is 20.9 Å². The van der Waals surface area contributed by atoms with Crippen LogP contribution < -0.4 is 4.90 Å². The van der Waals surface area contributed by atoms with Crippen molar-refractivity contribution in [3.63, 3.8) is 0 Å². The zero-order valence-corrected chi connectivity index (χ0v) is 19.9. The molecule has 0 saturated carbocycles. The van der Waals surface area contributed by atoms with Crippen LogP contribution in [0.15, 0.2) is 39.0 Å². The van der Waals surface area contributed by atoms with E-state index in [0.717, 1.165) is 15.7 Å². The Balaban J connectivity index is 1.48. The zero-order valence-electron chi connectivity index (χ0n) is 16.7. The second kappa shape index (κ2) is 9.28. The Morgan fingerprint density at radius 1 is 0.939 bits per heavy atom. The number of anilines is 1. The van der Waals surface area contributed by atoms with Gasteiger partial charge in [0, 0.05) is 42.5 Å². The summed E-state index contributed by atoms with van der Waals surface area (Å²) in [6.07, 6.45) is 0.602. The molecule has 2 aromatic carbocycles. The van der Waals surface area contributed by atoms with E-state index in [0.29, 0.717) is 15.9 Å². The number of benzene rings is 2. The Morgan fingerprint density at radius 2 is 1.55 bits per heavy atom. The van der Waals surface area contributed by atoms with E-state index in [-0.39, 0.29) is 26.2 Å². The molecule has 1 fully saturated rings. The van der Waals surface area contributed by atoms with Crippen LogP contribution >= 0.6 is 27.3 Å². The SMILES string of the molecule is O=S(=O)(c1c(F)c(F)c(F)c(F)c1F)N1CCN(c2nc(Cc3cccc(Br)c3)cs2)CC1. The van der Waals surface area contributed by atoms with E-state index < -0.39 is 44.0 Å². The second-order valence-electron chi connectivity index (χ2n) is 7.22. The average molecular weight is 568 g/mol. The highest BCUT2D eigenvalue weighted by Gasteiger charge is 2.38. The zero-order chi connectivity index (χ0) is 23.9. The van der Waals surface area contributed by atoms with Crippen LogP contribution in [0, 0.1) is 29.1 Å². The standard InChI is InChI=1S/C20H15BrF5N3O2S2/c21-12-3-1-2-11(8-12)9-13-10-32-20(27-13)28-4-6-29(7-5-28)33(30,31)19-17(25)15(23)14(22)16(24)18(19)26/h1-3,8,10H,4-7,9H2. The van der Waals surface area contributed by atoms with Crippen molar-refractivity contribution in [2.75, 3.05) is 31.1 Å². The molecule has 1 aliphatic rings. The molecule has 0 atom stereocenters. The van der Waals surface area contributed by atoms with E-state index in [4.69, 9.17) is 0 Å². The lowest BCUT2D eigenvalue weighted by atomic mass is 10.1. The van der Waals surface area contributed by atoms with E-state index >= 15 is 0 Å². The monoisotopic (exact) mass is 567 g/mol. The first-order valence-electron chi connectivity index (χ1n) is 9.55. The van der Waals surface area contributed by atoms with Gasteiger partial charge in [0.25, 0.3) is 0 Å². The molecule has 0 aliphatic carbocycles. The van der Waals surface area contributed by atoms with Gasteiger partial charge in [0.15, 0.2) is 33.3 Å². The number of hydrogen-bond acceptors (Lipinski definition) is 5. The van der Waals surface area contributed by atoms with Crippen LogP contribution in [0.2, 0.25) is 0 Å². The molecule has 1 aromatic heterocycles. The maximum atomic E-state index is 14.1. The predicted molar refractivity (Wildman–Crippen MR) is 116 cm³/mol. The van der Waals surface area contributed by atoms with Crippen LogP contribution in [0.4, 0.5) is 27.1 Å². The van der Waals surface area contributed by atoms with Gasteiger partial charge >= 0.3 is 0 Å². The number of rotatable bonds is 5. The Kier molecular flexibility index (Phi) is 6.76. The Bertz CT molecular complexity index is 1280. The van der Waals surface area contributed by atoms with Gasteiger partial charge in [0.2, 0.25) is 15.8 Å². The van der Waals surface area contributed by atoms with E-state index in [1.807, 2.05) is 29.6 Å². The molecule has 5 nitrogen and oxygen atoms in total. The van der Waals surface area contributed by atoms with Crippen molar-refractivity contribution in [3.05, 3.63) is 74.5 Å². The summed E-state index contributed by atoms with van der Waals surface area (Å²) in [5.74, 6) is -11.7. The first-order chi connectivity index (χ1) is 15.6. The van der Waals surface area contributed by atoms with Crippen molar-refractivity contribution in [1.82, 2.24) is 9.29 Å². The van der Waals surface area contributed by atoms with Gasteiger partial charge in [0.1, 0.15) is 0 Å². The second-order valence-corrected chi connectivity index (χ2v) is 10.8. The first kappa shape index (κ1) is 24.0. The molecule has 176 valence electrons. The number of sulfonamides is 1. The molecular formula is C20H15BrF5N3O2S2. The summed E-state index contributed by atoms with van der Waals surface area (Å²) in [6, 6.07) is 7.77. The van der Waals surface area contributed by atoms with Crippen LogP contribution in [0.1, 0.15) is 11.3 Å². The third-order valence-corrected chi connectivity index (χ3v) is 8.45. The molecule has 2 heterocycles. The highest BCUT2D eigenvalue weighted by Crippen LogP contribution is 2.30. The van der Waals surface area contributed by atoms with Gasteiger partial charge in [-0.25, -0.2) is 35.4 Å². The normalized spacial score (nSPS) is 15.3. The predicted octanol–water partition coefficient (Wildman–Crippen LogP) is 4.70. The average Bonchev–Trinajstić information content (AvgIpc) is 3.25. The third kappa shape index (κ3) is 4.63. The molecule has 0 bridgehead atoms. The van der Waals surface area contributed by atoms with Crippen molar-refractivity contribution in [2.24, 2.45) is 0 Å². The molecule has 33 heavy (non-hydrogen) atoms. The Morgan fingerprint density at radius 3 is 2.15 bits per heavy atom. The minimum absolute atomic E-state index is 0.137. The molecule has 1 saturated heterocycles. The van der Waals surface area contributed by atoms with Gasteiger partial charge in [-0.1, -0.05) is 28.1 Å². The highest BCUT2D eigenvalue weighted by molar-refractivity contribution is 9.10. The maximum absolute atomic E-state index is 14.1. The molecule has 0 unspecified atom stereocenters. The van der Waals surface area contributed by atoms with E-state index in [9.17, 15) is 30.4 Å². The molecule has 3 aromatic rings. The number of aromatic nitrogens is 1. The summed E-state index contributed by atoms with van der Waals surface area (Å²) in [6.45, 7) is -0.137. The summed E-state index contributed by atoms with van der Waals surface area (Å²) in [5, 5.41) is 2.53. The fourth-order valence-electron chi connectivity index (χ4n) is 3.44. The third-order valence-electron chi connectivity index (χ3n) is 5.09. The van der Waals surface area contributed by atoms with Crippen LogP contribution in [-0.4, -0.2) is 43.9 Å². The summed E-state index contributed by atoms with van der Waals surface area (Å²) in [7, 11) is -4.94. The lowest BCUT2D eigenvalue weighted by Gasteiger charge is -2.33. The van der Waals surface area contributed by atoms with E-state index in [1.54, 1.807) is 4.90 Å². The summed E-state index contributed by atoms with van der Waals surface area (Å²) < 4.78 is 95.4. The number of hydrogen-bond donors (Lipinski definition) is 0. The fourth-order valence-corrected chi connectivity index (χ4v) is 6.30. The lowest BCUT2D eigenvalue weighted by molar-refractivity contribution is 0.344. The van der Waals surface area contributed by atoms with Gasteiger partial charge in [0.05, 0.1) is 5.69 Å². The summed E-state index contributed by atoms with van der Waals surface area (Å²) in [5.41, 5.74) is 1.88. The number of piperazine rings is 1. The number of nitrogens with zero attached hydrogens (tertiary/aromatic N) is 3. The Hall–Kier alpha value is -2.09. The molecule has 13 heteroatoms. The van der Waals surface area contributed by atoms with Crippen LogP contribution in [-0.2, 0) is 16.4 Å². The van der Waals surface area contributed by atoms with Crippen molar-refractivity contribution in [1.29, 1.82) is 0 Å². The van der Waals surface area contributed by atoms with Crippen molar-refractivity contribution < 1.29 is 30.4 Å². The van der Waals surface area contributed by atoms with Gasteiger partial charge in [-0.3, -0.25) is 0 Å². The topological polar surface area (TPSA) is 53.5 Å². The van der Waals surface area contributed by atoms with Crippen LogP contribution in [0.3, 0.4) is 0 Å². The van der Waals surface area contributed by atoms with Crippen molar-refractivity contribution >= 4 is 42.4 Å². The van der Waals surface area contributed by atoms with Crippen molar-refractivity contribution in [3.8, 4) is 0 Å². The van der Waals surface area contributed by atoms with Gasteiger partial charge < -0.3 is 4.90 Å². The quantitative estimate of drug-likeness (QED) is 0.255. The highest BCUT2D eigenvalue weighted by atomic mass is 79.9. The first-order valence-corrected chi connectivity index (χ1v) is 12.7. The van der Waals surface area contributed by atoms with Gasteiger partial charge in [-0.05, 0) is 17.7 Å². The fraction of sp³-hybridized carbons (Fsp3) is 0.250. The minimum atomic E-state index is -4.94. The molecule has 1 aliphatic heterocycles. The summed E-state index contributed by atoms with van der Waals surface area (Å²) >= 11 is 4.78. The number of thiazole rings is 1. The van der Waals surface area contributed by atoms with Crippen LogP contribution in [0.5, 0.6) is 0 Å². The largest absolute Gasteiger partial charge is 0.345 e. The molecule has 0 spiro atoms. The summed E-state index contributed by atoms with van der Waals surface area (Å²) in [4.78, 5) is 4.54. The smallest absolute Gasteiger partial charge is 0.249 e. The van der Waals surface area contributed by atoms with Crippen molar-refractivity contribution in [2.45, 2.75) is 11.3 Å². The molecule has 0 radical (unpaired) electrons. The molecule has 4 rings (SSSR count). The molecule has 0 amide bonds. The maximum Gasteiger partial charge on any atom is 0.249 e.